The fraction of sp³-hybridized carbons (Fsp3) is 0.250. The number of hydrogen-bond donors (Lipinski definition) is 2. The van der Waals surface area contributed by atoms with E-state index in [-0.39, 0.29) is 11.9 Å². The molecule has 102 valence electrons. The zero-order valence-electron chi connectivity index (χ0n) is 10.9. The van der Waals surface area contributed by atoms with E-state index in [2.05, 4.69) is 30.6 Å². The summed E-state index contributed by atoms with van der Waals surface area (Å²) in [7, 11) is 0. The molecule has 20 heavy (non-hydrogen) atoms. The molecular formula is C12H12N6O2. The molecule has 0 radical (unpaired) electrons. The summed E-state index contributed by atoms with van der Waals surface area (Å²) in [4.78, 5) is 20.2. The van der Waals surface area contributed by atoms with Gasteiger partial charge < -0.3 is 9.84 Å². The van der Waals surface area contributed by atoms with Gasteiger partial charge in [-0.25, -0.2) is 9.97 Å². The maximum absolute atomic E-state index is 12.2. The minimum atomic E-state index is -0.274. The molecule has 2 N–H and O–H groups in total. The summed E-state index contributed by atoms with van der Waals surface area (Å²) in [5.74, 6) is 0.345. The van der Waals surface area contributed by atoms with Gasteiger partial charge >= 0.3 is 0 Å². The van der Waals surface area contributed by atoms with Crippen molar-refractivity contribution in [3.05, 3.63) is 35.7 Å². The summed E-state index contributed by atoms with van der Waals surface area (Å²) in [5, 5.41) is 13.8. The van der Waals surface area contributed by atoms with Crippen molar-refractivity contribution >= 4 is 17.0 Å². The number of pyridine rings is 1. The summed E-state index contributed by atoms with van der Waals surface area (Å²) >= 11 is 0. The highest BCUT2D eigenvalue weighted by molar-refractivity contribution is 5.97. The first-order valence-corrected chi connectivity index (χ1v) is 6.03. The van der Waals surface area contributed by atoms with Gasteiger partial charge in [-0.05, 0) is 19.9 Å². The van der Waals surface area contributed by atoms with Crippen LogP contribution in [-0.2, 0) is 0 Å². The summed E-state index contributed by atoms with van der Waals surface area (Å²) in [6.45, 7) is 3.61. The van der Waals surface area contributed by atoms with Gasteiger partial charge in [0.1, 0.15) is 12.2 Å². The molecule has 0 bridgehead atoms. The molecule has 0 fully saturated rings. The van der Waals surface area contributed by atoms with Crippen LogP contribution < -0.4 is 5.32 Å². The maximum atomic E-state index is 12.2. The van der Waals surface area contributed by atoms with Gasteiger partial charge in [-0.1, -0.05) is 5.16 Å². The molecule has 1 amide bonds. The molecule has 8 heteroatoms. The van der Waals surface area contributed by atoms with E-state index >= 15 is 0 Å². The highest BCUT2D eigenvalue weighted by Gasteiger charge is 2.15. The van der Waals surface area contributed by atoms with Crippen LogP contribution in [0.2, 0.25) is 0 Å². The van der Waals surface area contributed by atoms with E-state index in [1.807, 2.05) is 6.92 Å². The fourth-order valence-electron chi connectivity index (χ4n) is 1.84. The average molecular weight is 272 g/mol. The summed E-state index contributed by atoms with van der Waals surface area (Å²) < 4.78 is 5.01. The third-order valence-corrected chi connectivity index (χ3v) is 2.96. The Kier molecular flexibility index (Phi) is 2.90. The van der Waals surface area contributed by atoms with Gasteiger partial charge in [0, 0.05) is 6.20 Å². The van der Waals surface area contributed by atoms with Crippen LogP contribution in [0.1, 0.15) is 34.8 Å². The number of carbonyl (C=O) groups is 1. The lowest BCUT2D eigenvalue weighted by atomic mass is 10.2. The van der Waals surface area contributed by atoms with Crippen LogP contribution >= 0.6 is 0 Å². The second-order valence-corrected chi connectivity index (χ2v) is 4.41. The van der Waals surface area contributed by atoms with E-state index in [1.165, 1.54) is 12.5 Å². The molecule has 0 aliphatic rings. The third kappa shape index (κ3) is 2.11. The number of nitrogens with one attached hydrogen (secondary N) is 2. The van der Waals surface area contributed by atoms with Crippen molar-refractivity contribution in [2.45, 2.75) is 19.9 Å². The quantitative estimate of drug-likeness (QED) is 0.739. The lowest BCUT2D eigenvalue weighted by Crippen LogP contribution is -2.27. The van der Waals surface area contributed by atoms with Crippen LogP contribution in [0.5, 0.6) is 0 Å². The minimum absolute atomic E-state index is 0.246. The zero-order chi connectivity index (χ0) is 14.1. The predicted octanol–water partition coefficient (Wildman–Crippen LogP) is 1.14. The molecule has 0 saturated heterocycles. The fourth-order valence-corrected chi connectivity index (χ4v) is 1.84. The molecule has 0 aliphatic carbocycles. The standard InChI is InChI=1S/C12H12N6O2/c1-6-9-3-8(4-13-12(9)20-18-6)11(19)16-7(2)10-14-5-15-17-10/h3-5,7H,1-2H3,(H,16,19)(H,14,15,17). The number of carbonyl (C=O) groups excluding carboxylic acids is 1. The third-order valence-electron chi connectivity index (χ3n) is 2.96. The molecule has 3 rings (SSSR count). The van der Waals surface area contributed by atoms with Gasteiger partial charge in [-0.15, -0.1) is 0 Å². The zero-order valence-corrected chi connectivity index (χ0v) is 10.9. The summed E-state index contributed by atoms with van der Waals surface area (Å²) in [6, 6.07) is 1.43. The first-order chi connectivity index (χ1) is 9.65. The average Bonchev–Trinajstić information content (AvgIpc) is 3.09. The molecular weight excluding hydrogens is 260 g/mol. The van der Waals surface area contributed by atoms with Gasteiger partial charge in [-0.2, -0.15) is 5.10 Å². The number of H-pyrrole nitrogens is 1. The van der Waals surface area contributed by atoms with Gasteiger partial charge in [0.15, 0.2) is 0 Å². The smallest absolute Gasteiger partial charge is 0.257 e. The molecule has 0 aliphatic heterocycles. The topological polar surface area (TPSA) is 110 Å². The molecule has 1 atom stereocenters. The van der Waals surface area contributed by atoms with Crippen molar-refractivity contribution in [1.29, 1.82) is 0 Å². The first kappa shape index (κ1) is 12.3. The molecule has 1 unspecified atom stereocenters. The summed E-state index contributed by atoms with van der Waals surface area (Å²) in [5.41, 5.74) is 1.56. The second-order valence-electron chi connectivity index (χ2n) is 4.41. The highest BCUT2D eigenvalue weighted by atomic mass is 16.5. The Hall–Kier alpha value is -2.77. The van der Waals surface area contributed by atoms with E-state index in [1.54, 1.807) is 13.0 Å². The van der Waals surface area contributed by atoms with Gasteiger partial charge in [0.25, 0.3) is 11.6 Å². The Labute approximate surface area is 113 Å². The number of aromatic nitrogens is 5. The van der Waals surface area contributed by atoms with Crippen LogP contribution in [0.3, 0.4) is 0 Å². The summed E-state index contributed by atoms with van der Waals surface area (Å²) in [6.07, 6.45) is 2.85. The predicted molar refractivity (Wildman–Crippen MR) is 68.8 cm³/mol. The molecule has 0 saturated carbocycles. The first-order valence-electron chi connectivity index (χ1n) is 6.03. The lowest BCUT2D eigenvalue weighted by Gasteiger charge is -2.10. The SMILES string of the molecule is Cc1noc2ncc(C(=O)NC(C)c3ncn[nH]3)cc12. The molecule has 3 aromatic heterocycles. The Morgan fingerprint density at radius 1 is 1.45 bits per heavy atom. The van der Waals surface area contributed by atoms with Crippen molar-refractivity contribution in [1.82, 2.24) is 30.6 Å². The van der Waals surface area contributed by atoms with Crippen LogP contribution in [0.25, 0.3) is 11.1 Å². The molecule has 0 spiro atoms. The Morgan fingerprint density at radius 3 is 3.05 bits per heavy atom. The minimum Gasteiger partial charge on any atom is -0.342 e. The van der Waals surface area contributed by atoms with Gasteiger partial charge in [-0.3, -0.25) is 9.89 Å². The van der Waals surface area contributed by atoms with E-state index in [4.69, 9.17) is 4.52 Å². The van der Waals surface area contributed by atoms with Crippen molar-refractivity contribution in [3.63, 3.8) is 0 Å². The van der Waals surface area contributed by atoms with E-state index in [0.717, 1.165) is 5.39 Å². The van der Waals surface area contributed by atoms with E-state index in [9.17, 15) is 4.79 Å². The molecule has 0 aromatic carbocycles. The molecule has 8 nitrogen and oxygen atoms in total. The number of amides is 1. The monoisotopic (exact) mass is 272 g/mol. The number of rotatable bonds is 3. The van der Waals surface area contributed by atoms with Crippen LogP contribution in [0.15, 0.2) is 23.1 Å². The van der Waals surface area contributed by atoms with Crippen LogP contribution in [0.4, 0.5) is 0 Å². The second kappa shape index (κ2) is 4.72. The van der Waals surface area contributed by atoms with Crippen molar-refractivity contribution in [2.75, 3.05) is 0 Å². The van der Waals surface area contributed by atoms with Crippen molar-refractivity contribution in [2.24, 2.45) is 0 Å². The number of aryl methyl sites for hydroxylation is 1. The van der Waals surface area contributed by atoms with Gasteiger partial charge in [0.2, 0.25) is 0 Å². The van der Waals surface area contributed by atoms with Gasteiger partial charge in [0.05, 0.1) is 22.7 Å². The Bertz CT molecular complexity index is 748. The van der Waals surface area contributed by atoms with Crippen LogP contribution in [-0.4, -0.2) is 31.2 Å². The highest BCUT2D eigenvalue weighted by Crippen LogP contribution is 2.17. The number of aromatic amines is 1. The van der Waals surface area contributed by atoms with Crippen molar-refractivity contribution in [3.8, 4) is 0 Å². The number of nitrogens with zero attached hydrogens (tertiary/aromatic N) is 4. The van der Waals surface area contributed by atoms with Crippen molar-refractivity contribution < 1.29 is 9.32 Å². The largest absolute Gasteiger partial charge is 0.342 e. The van der Waals surface area contributed by atoms with Crippen LogP contribution in [0, 0.1) is 6.92 Å². The maximum Gasteiger partial charge on any atom is 0.257 e. The number of fused-ring (bicyclic) bond motifs is 1. The Balaban J connectivity index is 1.83. The normalized spacial score (nSPS) is 12.5. The molecule has 3 aromatic rings. The molecule has 3 heterocycles. The lowest BCUT2D eigenvalue weighted by molar-refractivity contribution is 0.0938. The van der Waals surface area contributed by atoms with E-state index in [0.29, 0.717) is 22.8 Å². The van der Waals surface area contributed by atoms with E-state index < -0.39 is 0 Å². The Morgan fingerprint density at radius 2 is 2.30 bits per heavy atom. The number of hydrogen-bond acceptors (Lipinski definition) is 6.